The Balaban J connectivity index is 1.79. The molecule has 1 saturated heterocycles. The summed E-state index contributed by atoms with van der Waals surface area (Å²) in [4.78, 5) is 32.3. The number of carbonyl (C=O) groups excluding carboxylic acids is 1. The van der Waals surface area contributed by atoms with Gasteiger partial charge in [0.05, 0.1) is 11.6 Å². The first-order chi connectivity index (χ1) is 12.3. The Morgan fingerprint density at radius 1 is 1.38 bits per heavy atom. The van der Waals surface area contributed by atoms with Crippen molar-refractivity contribution in [1.29, 1.82) is 0 Å². The first kappa shape index (κ1) is 19.4. The first-order valence-electron chi connectivity index (χ1n) is 9.47. The Hall–Kier alpha value is -1.34. The Kier molecular flexibility index (Phi) is 5.77. The van der Waals surface area contributed by atoms with E-state index < -0.39 is 0 Å². The number of amides is 1. The molecule has 26 heavy (non-hydrogen) atoms. The third kappa shape index (κ3) is 3.98. The lowest BCUT2D eigenvalue weighted by Crippen LogP contribution is -2.49. The van der Waals surface area contributed by atoms with Gasteiger partial charge in [-0.25, -0.2) is 4.98 Å². The van der Waals surface area contributed by atoms with Gasteiger partial charge in [0, 0.05) is 43.0 Å². The Bertz CT molecular complexity index is 724. The van der Waals surface area contributed by atoms with Gasteiger partial charge in [-0.2, -0.15) is 0 Å². The number of aliphatic hydroxyl groups excluding tert-OH is 1. The lowest BCUT2D eigenvalue weighted by atomic mass is 9.92. The minimum absolute atomic E-state index is 0.0736. The molecule has 1 aromatic heterocycles. The van der Waals surface area contributed by atoms with E-state index >= 15 is 0 Å². The maximum absolute atomic E-state index is 13.1. The summed E-state index contributed by atoms with van der Waals surface area (Å²) in [5, 5.41) is 10.0. The molecule has 2 aliphatic rings. The largest absolute Gasteiger partial charge is 0.396 e. The molecule has 0 aromatic carbocycles. The van der Waals surface area contributed by atoms with Gasteiger partial charge in [-0.05, 0) is 25.7 Å². The number of hydrogen-bond donors (Lipinski definition) is 1. The summed E-state index contributed by atoms with van der Waals surface area (Å²) in [6.45, 7) is 7.40. The second-order valence-electron chi connectivity index (χ2n) is 8.32. The fourth-order valence-electron chi connectivity index (χ4n) is 3.72. The van der Waals surface area contributed by atoms with Crippen molar-refractivity contribution >= 4 is 17.7 Å². The summed E-state index contributed by atoms with van der Waals surface area (Å²) in [6.07, 6.45) is 3.72. The number of fused-ring (bicyclic) bond motifs is 1. The number of aromatic nitrogens is 2. The second kappa shape index (κ2) is 7.72. The molecule has 3 rings (SSSR count). The predicted octanol–water partition coefficient (Wildman–Crippen LogP) is 2.03. The molecule has 0 aliphatic carbocycles. The lowest BCUT2D eigenvalue weighted by Gasteiger charge is -2.38. The van der Waals surface area contributed by atoms with Crippen LogP contribution in [0.2, 0.25) is 0 Å². The number of aliphatic hydroxyl groups is 1. The Morgan fingerprint density at radius 2 is 2.15 bits per heavy atom. The zero-order valence-electron chi connectivity index (χ0n) is 15.9. The highest BCUT2D eigenvalue weighted by atomic mass is 32.2. The topological polar surface area (TPSA) is 75.4 Å². The fraction of sp³-hybridized carbons (Fsp3) is 0.737. The third-order valence-electron chi connectivity index (χ3n) is 5.28. The molecule has 0 bridgehead atoms. The standard InChI is InChI=1S/C19H29N3O3S/c1-19(2,3)15-10-16(24)22-11-13(12-26-18(22)20-15)17(25)21-8-5-4-6-14(21)7-9-23/h10,13-14,23H,4-9,11-12H2,1-3H3. The summed E-state index contributed by atoms with van der Waals surface area (Å²) < 4.78 is 1.65. The molecule has 7 heteroatoms. The SMILES string of the molecule is CC(C)(C)c1cc(=O)n2c(n1)SCC(C(=O)N1CCCCC1CCO)C2. The van der Waals surface area contributed by atoms with Crippen LogP contribution in [0.3, 0.4) is 0 Å². The van der Waals surface area contributed by atoms with E-state index in [4.69, 9.17) is 0 Å². The predicted molar refractivity (Wildman–Crippen MR) is 102 cm³/mol. The minimum Gasteiger partial charge on any atom is -0.396 e. The number of hydrogen-bond acceptors (Lipinski definition) is 5. The van der Waals surface area contributed by atoms with Crippen molar-refractivity contribution in [3.05, 3.63) is 22.1 Å². The molecule has 0 saturated carbocycles. The number of likely N-dealkylation sites (tertiary alicyclic amines) is 1. The van der Waals surface area contributed by atoms with Crippen LogP contribution < -0.4 is 5.56 Å². The van der Waals surface area contributed by atoms with Crippen molar-refractivity contribution < 1.29 is 9.90 Å². The molecule has 0 spiro atoms. The van der Waals surface area contributed by atoms with Crippen LogP contribution in [0, 0.1) is 5.92 Å². The highest BCUT2D eigenvalue weighted by Crippen LogP contribution is 2.30. The lowest BCUT2D eigenvalue weighted by molar-refractivity contribution is -0.139. The van der Waals surface area contributed by atoms with Crippen LogP contribution in [0.1, 0.15) is 52.1 Å². The van der Waals surface area contributed by atoms with Gasteiger partial charge >= 0.3 is 0 Å². The number of carbonyl (C=O) groups is 1. The van der Waals surface area contributed by atoms with E-state index in [1.165, 1.54) is 11.8 Å². The van der Waals surface area contributed by atoms with Crippen molar-refractivity contribution in [3.8, 4) is 0 Å². The van der Waals surface area contributed by atoms with E-state index in [-0.39, 0.29) is 35.4 Å². The van der Waals surface area contributed by atoms with E-state index in [0.29, 0.717) is 18.7 Å². The van der Waals surface area contributed by atoms with Gasteiger partial charge in [0.2, 0.25) is 5.91 Å². The number of piperidine rings is 1. The number of rotatable bonds is 3. The molecule has 1 amide bonds. The van der Waals surface area contributed by atoms with Gasteiger partial charge < -0.3 is 10.0 Å². The molecule has 2 aliphatic heterocycles. The monoisotopic (exact) mass is 379 g/mol. The van der Waals surface area contributed by atoms with Crippen LogP contribution >= 0.6 is 11.8 Å². The van der Waals surface area contributed by atoms with Gasteiger partial charge in [0.1, 0.15) is 0 Å². The summed E-state index contributed by atoms with van der Waals surface area (Å²) in [5.41, 5.74) is 0.549. The van der Waals surface area contributed by atoms with Crippen molar-refractivity contribution in [2.45, 2.75) is 69.6 Å². The van der Waals surface area contributed by atoms with Crippen LogP contribution in [0.25, 0.3) is 0 Å². The second-order valence-corrected chi connectivity index (χ2v) is 9.31. The van der Waals surface area contributed by atoms with E-state index in [1.54, 1.807) is 10.6 Å². The highest BCUT2D eigenvalue weighted by molar-refractivity contribution is 7.99. The molecule has 144 valence electrons. The molecule has 2 atom stereocenters. The van der Waals surface area contributed by atoms with Gasteiger partial charge in [-0.15, -0.1) is 0 Å². The minimum atomic E-state index is -0.202. The Morgan fingerprint density at radius 3 is 2.85 bits per heavy atom. The third-order valence-corrected chi connectivity index (χ3v) is 6.42. The highest BCUT2D eigenvalue weighted by Gasteiger charge is 2.34. The number of thioether (sulfide) groups is 1. The van der Waals surface area contributed by atoms with Crippen molar-refractivity contribution in [2.24, 2.45) is 5.92 Å². The van der Waals surface area contributed by atoms with E-state index in [1.807, 2.05) is 25.7 Å². The average molecular weight is 380 g/mol. The molecule has 6 nitrogen and oxygen atoms in total. The summed E-state index contributed by atoms with van der Waals surface area (Å²) in [6, 6.07) is 1.73. The fourth-order valence-corrected chi connectivity index (χ4v) is 4.80. The van der Waals surface area contributed by atoms with Crippen molar-refractivity contribution in [1.82, 2.24) is 14.5 Å². The van der Waals surface area contributed by atoms with Crippen LogP contribution in [0.5, 0.6) is 0 Å². The molecule has 3 heterocycles. The molecule has 1 fully saturated rings. The van der Waals surface area contributed by atoms with Crippen LogP contribution in [0.15, 0.2) is 16.0 Å². The average Bonchev–Trinajstić information content (AvgIpc) is 2.61. The molecular formula is C19H29N3O3S. The van der Waals surface area contributed by atoms with Crippen LogP contribution in [0.4, 0.5) is 0 Å². The Labute approximate surface area is 159 Å². The normalized spacial score (nSPS) is 23.6. The summed E-state index contributed by atoms with van der Waals surface area (Å²) in [5.74, 6) is 0.571. The van der Waals surface area contributed by atoms with Gasteiger partial charge in [0.15, 0.2) is 5.16 Å². The maximum atomic E-state index is 13.1. The van der Waals surface area contributed by atoms with Gasteiger partial charge in [-0.3, -0.25) is 14.2 Å². The quantitative estimate of drug-likeness (QED) is 0.814. The van der Waals surface area contributed by atoms with Crippen molar-refractivity contribution in [2.75, 3.05) is 18.9 Å². The molecular weight excluding hydrogens is 350 g/mol. The first-order valence-corrected chi connectivity index (χ1v) is 10.5. The van der Waals surface area contributed by atoms with E-state index in [0.717, 1.165) is 36.7 Å². The molecule has 2 unspecified atom stereocenters. The van der Waals surface area contributed by atoms with Crippen LogP contribution in [-0.4, -0.2) is 50.4 Å². The van der Waals surface area contributed by atoms with Gasteiger partial charge in [0.25, 0.3) is 5.56 Å². The molecule has 1 N–H and O–H groups in total. The van der Waals surface area contributed by atoms with E-state index in [2.05, 4.69) is 4.98 Å². The van der Waals surface area contributed by atoms with Crippen molar-refractivity contribution in [3.63, 3.8) is 0 Å². The summed E-state index contributed by atoms with van der Waals surface area (Å²) in [7, 11) is 0. The molecule has 0 radical (unpaired) electrons. The van der Waals surface area contributed by atoms with Crippen LogP contribution in [-0.2, 0) is 16.8 Å². The van der Waals surface area contributed by atoms with Gasteiger partial charge in [-0.1, -0.05) is 32.5 Å². The zero-order chi connectivity index (χ0) is 18.9. The number of nitrogens with zero attached hydrogens (tertiary/aromatic N) is 3. The van der Waals surface area contributed by atoms with E-state index in [9.17, 15) is 14.7 Å². The smallest absolute Gasteiger partial charge is 0.254 e. The maximum Gasteiger partial charge on any atom is 0.254 e. The zero-order valence-corrected chi connectivity index (χ0v) is 16.7. The molecule has 1 aromatic rings. The summed E-state index contributed by atoms with van der Waals surface area (Å²) >= 11 is 1.50.